The van der Waals surface area contributed by atoms with Crippen molar-refractivity contribution in [3.8, 4) is 0 Å². The minimum absolute atomic E-state index is 0.0371. The van der Waals surface area contributed by atoms with Gasteiger partial charge in [0.2, 0.25) is 0 Å². The molecule has 1 aliphatic carbocycles. The highest BCUT2D eigenvalue weighted by molar-refractivity contribution is 5.97. The van der Waals surface area contributed by atoms with Crippen LogP contribution in [0.2, 0.25) is 0 Å². The van der Waals surface area contributed by atoms with E-state index in [0.717, 1.165) is 31.5 Å². The van der Waals surface area contributed by atoms with Gasteiger partial charge in [0.15, 0.2) is 11.4 Å². The average molecular weight is 396 g/mol. The molecule has 0 spiro atoms. The molecule has 0 amide bonds. The lowest BCUT2D eigenvalue weighted by atomic mass is 9.91. The van der Waals surface area contributed by atoms with Crippen LogP contribution < -0.4 is 0 Å². The van der Waals surface area contributed by atoms with Crippen molar-refractivity contribution in [2.45, 2.75) is 37.8 Å². The highest BCUT2D eigenvalue weighted by Gasteiger charge is 2.31. The molecule has 1 aliphatic heterocycles. The van der Waals surface area contributed by atoms with Crippen molar-refractivity contribution >= 4 is 16.8 Å². The number of halogens is 1. The number of hydrogen-bond donors (Lipinski definition) is 0. The Bertz CT molecular complexity index is 970. The molecule has 2 unspecified atom stereocenters. The first-order valence-electron chi connectivity index (χ1n) is 10.1. The summed E-state index contributed by atoms with van der Waals surface area (Å²) in [5, 5.41) is 4.46. The quantitative estimate of drug-likeness (QED) is 0.691. The summed E-state index contributed by atoms with van der Waals surface area (Å²) in [5.41, 5.74) is 1.96. The molecule has 0 N–H and O–H groups in total. The predicted octanol–water partition coefficient (Wildman–Crippen LogP) is 4.00. The van der Waals surface area contributed by atoms with E-state index in [0.29, 0.717) is 23.1 Å². The molecular formula is C23H25FN2O3. The maximum atomic E-state index is 14.2. The van der Waals surface area contributed by atoms with E-state index < -0.39 is 6.10 Å². The second kappa shape index (κ2) is 8.84. The number of nitrogens with zero attached hydrogens (tertiary/aromatic N) is 2. The zero-order valence-electron chi connectivity index (χ0n) is 16.5. The lowest BCUT2D eigenvalue weighted by molar-refractivity contribution is -0.122. The van der Waals surface area contributed by atoms with Gasteiger partial charge >= 0.3 is 0 Å². The molecule has 152 valence electrons. The zero-order chi connectivity index (χ0) is 20.2. The highest BCUT2D eigenvalue weighted by atomic mass is 19.1. The third-order valence-electron chi connectivity index (χ3n) is 5.62. The number of likely N-dealkylation sites (tertiary alicyclic amines) is 1. The van der Waals surface area contributed by atoms with Crippen molar-refractivity contribution in [1.82, 2.24) is 10.1 Å². The molecule has 2 atom stereocenters. The molecule has 0 bridgehead atoms. The van der Waals surface area contributed by atoms with Gasteiger partial charge in [-0.1, -0.05) is 41.9 Å². The topological polar surface area (TPSA) is 55.6 Å². The Kier molecular flexibility index (Phi) is 6.02. The summed E-state index contributed by atoms with van der Waals surface area (Å²) in [6.07, 6.45) is 12.8. The first-order valence-corrected chi connectivity index (χ1v) is 10.1. The highest BCUT2D eigenvalue weighted by Crippen LogP contribution is 2.26. The molecule has 1 saturated heterocycles. The number of carbonyl (C=O) groups is 1. The summed E-state index contributed by atoms with van der Waals surface area (Å²) >= 11 is 0. The van der Waals surface area contributed by atoms with Crippen LogP contribution >= 0.6 is 0 Å². The predicted molar refractivity (Wildman–Crippen MR) is 109 cm³/mol. The van der Waals surface area contributed by atoms with Gasteiger partial charge in [-0.3, -0.25) is 9.69 Å². The van der Waals surface area contributed by atoms with Crippen molar-refractivity contribution in [2.75, 3.05) is 20.2 Å². The van der Waals surface area contributed by atoms with E-state index in [4.69, 9.17) is 9.26 Å². The number of ether oxygens (including phenoxy) is 1. The maximum absolute atomic E-state index is 14.2. The van der Waals surface area contributed by atoms with Gasteiger partial charge in [0.05, 0.1) is 17.1 Å². The minimum Gasteiger partial charge on any atom is -0.369 e. The van der Waals surface area contributed by atoms with Crippen LogP contribution in [0.5, 0.6) is 0 Å². The third kappa shape index (κ3) is 4.09. The third-order valence-corrected chi connectivity index (χ3v) is 5.62. The Morgan fingerprint density at radius 2 is 2.17 bits per heavy atom. The number of aromatic nitrogens is 1. The van der Waals surface area contributed by atoms with Crippen LogP contribution in [0.3, 0.4) is 0 Å². The van der Waals surface area contributed by atoms with Crippen molar-refractivity contribution in [3.63, 3.8) is 0 Å². The fraction of sp³-hybridized carbons (Fsp3) is 0.391. The van der Waals surface area contributed by atoms with Crippen LogP contribution in [0.1, 0.15) is 25.0 Å². The Morgan fingerprint density at radius 1 is 1.34 bits per heavy atom. The maximum Gasteiger partial charge on any atom is 0.188 e. The Labute approximate surface area is 169 Å². The minimum atomic E-state index is -0.568. The summed E-state index contributed by atoms with van der Waals surface area (Å²) in [4.78, 5) is 14.7. The van der Waals surface area contributed by atoms with E-state index in [9.17, 15) is 9.18 Å². The second-order valence-electron chi connectivity index (χ2n) is 7.46. The smallest absolute Gasteiger partial charge is 0.188 e. The van der Waals surface area contributed by atoms with Crippen molar-refractivity contribution < 1.29 is 18.4 Å². The number of methoxy groups -OCH3 is 1. The van der Waals surface area contributed by atoms with Crippen LogP contribution in [0.25, 0.3) is 11.0 Å². The first-order chi connectivity index (χ1) is 14.2. The first kappa shape index (κ1) is 19.7. The van der Waals surface area contributed by atoms with E-state index in [1.54, 1.807) is 31.4 Å². The Balaban J connectivity index is 1.60. The zero-order valence-corrected chi connectivity index (χ0v) is 16.5. The molecular weight excluding hydrogens is 371 g/mol. The number of ketones is 1. The monoisotopic (exact) mass is 396 g/mol. The summed E-state index contributed by atoms with van der Waals surface area (Å²) in [7, 11) is 1.57. The molecule has 5 nitrogen and oxygen atoms in total. The van der Waals surface area contributed by atoms with Gasteiger partial charge in [-0.05, 0) is 49.7 Å². The van der Waals surface area contributed by atoms with E-state index in [1.165, 1.54) is 12.5 Å². The summed E-state index contributed by atoms with van der Waals surface area (Å²) in [6, 6.07) is 4.69. The summed E-state index contributed by atoms with van der Waals surface area (Å²) in [5.74, 6) is -0.366. The molecule has 29 heavy (non-hydrogen) atoms. The van der Waals surface area contributed by atoms with Gasteiger partial charge in [0.1, 0.15) is 11.9 Å². The van der Waals surface area contributed by atoms with Gasteiger partial charge in [-0.2, -0.15) is 0 Å². The molecule has 2 aliphatic rings. The molecule has 1 aromatic carbocycles. The number of carbonyl (C=O) groups excluding carboxylic acids is 1. The number of fused-ring (bicyclic) bond motifs is 1. The van der Waals surface area contributed by atoms with Crippen LogP contribution in [0, 0.1) is 5.82 Å². The van der Waals surface area contributed by atoms with Gasteiger partial charge < -0.3 is 9.26 Å². The van der Waals surface area contributed by atoms with Crippen molar-refractivity contribution in [2.24, 2.45) is 0 Å². The van der Waals surface area contributed by atoms with Crippen molar-refractivity contribution in [3.05, 3.63) is 65.7 Å². The molecule has 2 heterocycles. The van der Waals surface area contributed by atoms with Crippen LogP contribution in [-0.4, -0.2) is 48.2 Å². The largest absolute Gasteiger partial charge is 0.369 e. The molecule has 0 radical (unpaired) electrons. The Hall–Kier alpha value is -2.57. The lowest BCUT2D eigenvalue weighted by Crippen LogP contribution is -2.44. The normalized spacial score (nSPS) is 21.8. The van der Waals surface area contributed by atoms with Crippen LogP contribution in [0.4, 0.5) is 4.39 Å². The summed E-state index contributed by atoms with van der Waals surface area (Å²) < 4.78 is 24.9. The van der Waals surface area contributed by atoms with Crippen molar-refractivity contribution in [1.29, 1.82) is 0 Å². The molecule has 6 heteroatoms. The van der Waals surface area contributed by atoms with E-state index in [-0.39, 0.29) is 17.6 Å². The fourth-order valence-electron chi connectivity index (χ4n) is 4.20. The number of benzene rings is 1. The molecule has 1 aromatic heterocycles. The van der Waals surface area contributed by atoms with Gasteiger partial charge in [-0.25, -0.2) is 4.39 Å². The summed E-state index contributed by atoms with van der Waals surface area (Å²) in [6.45, 7) is 1.95. The van der Waals surface area contributed by atoms with Crippen LogP contribution in [0.15, 0.2) is 58.7 Å². The van der Waals surface area contributed by atoms with E-state index in [1.807, 2.05) is 12.2 Å². The fourth-order valence-corrected chi connectivity index (χ4v) is 4.20. The van der Waals surface area contributed by atoms with Gasteiger partial charge in [-0.15, -0.1) is 0 Å². The van der Waals surface area contributed by atoms with Gasteiger partial charge in [0.25, 0.3) is 0 Å². The number of hydrogen-bond acceptors (Lipinski definition) is 5. The SMILES string of the molecule is COC1C(=O)C=CC=C1C(C=CCc1noc2cccc(F)c12)N1CCCCC1. The lowest BCUT2D eigenvalue weighted by Gasteiger charge is -2.36. The number of rotatable bonds is 6. The number of piperidine rings is 1. The Morgan fingerprint density at radius 3 is 2.97 bits per heavy atom. The molecule has 0 saturated carbocycles. The molecule has 1 fully saturated rings. The standard InChI is InChI=1S/C23H25FN2O3/c1-28-23-16(8-5-12-20(23)27)19(26-14-3-2-4-15-26)11-7-10-18-22-17(24)9-6-13-21(22)29-25-18/h5-9,11-13,19,23H,2-4,10,14-15H2,1H3. The second-order valence-corrected chi connectivity index (χ2v) is 7.46. The molecule has 2 aromatic rings. The number of allylic oxidation sites excluding steroid dienone is 3. The average Bonchev–Trinajstić information content (AvgIpc) is 3.16. The van der Waals surface area contributed by atoms with E-state index in [2.05, 4.69) is 16.1 Å². The molecule has 4 rings (SSSR count). The van der Waals surface area contributed by atoms with Gasteiger partial charge in [0, 0.05) is 13.5 Å². The van der Waals surface area contributed by atoms with Crippen LogP contribution in [-0.2, 0) is 16.0 Å². The van der Waals surface area contributed by atoms with E-state index >= 15 is 0 Å².